The lowest BCUT2D eigenvalue weighted by Crippen LogP contribution is -2.40. The number of methoxy groups -OCH3 is 1. The summed E-state index contributed by atoms with van der Waals surface area (Å²) in [5.41, 5.74) is 1.33. The normalized spacial score (nSPS) is 13.4. The van der Waals surface area contributed by atoms with Crippen molar-refractivity contribution in [1.82, 2.24) is 5.32 Å². The van der Waals surface area contributed by atoms with Gasteiger partial charge in [-0.05, 0) is 24.2 Å². The summed E-state index contributed by atoms with van der Waals surface area (Å²) in [5, 5.41) is 6.52. The highest BCUT2D eigenvalue weighted by atomic mass is 33.0. The van der Waals surface area contributed by atoms with Crippen LogP contribution < -0.4 is 10.1 Å². The first-order valence-corrected chi connectivity index (χ1v) is 12.4. The van der Waals surface area contributed by atoms with E-state index in [-0.39, 0.29) is 0 Å². The van der Waals surface area contributed by atoms with Crippen LogP contribution in [0.5, 0.6) is 5.75 Å². The molecule has 3 rings (SSSR count). The average Bonchev–Trinajstić information content (AvgIpc) is 2.48. The van der Waals surface area contributed by atoms with Gasteiger partial charge in [0.05, 0.1) is 17.1 Å². The molecular weight excluding hydrogens is 364 g/mol. The molecule has 0 aliphatic carbocycles. The minimum Gasteiger partial charge on any atom is -0.497 e. The first-order valence-electron chi connectivity index (χ1n) is 5.69. The first-order chi connectivity index (χ1) is 9.69. The highest BCUT2D eigenvalue weighted by molar-refractivity contribution is 8.19. The molecule has 1 aromatic carbocycles. The fourth-order valence-corrected chi connectivity index (χ4v) is 10.1. The minimum atomic E-state index is 0.824. The highest BCUT2D eigenvalue weighted by Gasteiger charge is 2.11. The standard InChI is InChI=1S/C9H10OP2S2.C3H3NS2/c1-10-8-4-2-7(3-5-8)9-6-13-12-14-11-9;5-2-1-3(6)4-2/h2-6,11-12H,1H3;1H2,(H,4,5,6). The van der Waals surface area contributed by atoms with Gasteiger partial charge in [0.2, 0.25) is 0 Å². The minimum absolute atomic E-state index is 0.824. The molecule has 8 heteroatoms. The van der Waals surface area contributed by atoms with Gasteiger partial charge in [0.25, 0.3) is 0 Å². The van der Waals surface area contributed by atoms with Gasteiger partial charge in [-0.1, -0.05) is 43.9 Å². The molecule has 1 fully saturated rings. The number of ether oxygens (including phenoxy) is 1. The van der Waals surface area contributed by atoms with Crippen LogP contribution in [-0.2, 0) is 0 Å². The number of hydrogen-bond donors (Lipinski definition) is 1. The molecule has 0 spiro atoms. The van der Waals surface area contributed by atoms with E-state index in [2.05, 4.69) is 47.3 Å². The molecule has 0 saturated carbocycles. The summed E-state index contributed by atoms with van der Waals surface area (Å²) in [6, 6.07) is 8.31. The van der Waals surface area contributed by atoms with Crippen LogP contribution >= 0.6 is 59.8 Å². The fourth-order valence-electron chi connectivity index (χ4n) is 1.39. The molecule has 2 heterocycles. The lowest BCUT2D eigenvalue weighted by molar-refractivity contribution is 0.415. The molecule has 0 bridgehead atoms. The molecule has 1 aliphatic rings. The first kappa shape index (κ1) is 16.2. The lowest BCUT2D eigenvalue weighted by atomic mass is 10.2. The van der Waals surface area contributed by atoms with Crippen LogP contribution in [0.25, 0.3) is 10.9 Å². The van der Waals surface area contributed by atoms with Crippen LogP contribution in [0.1, 0.15) is 6.42 Å². The Morgan fingerprint density at radius 3 is 2.25 bits per heavy atom. The van der Waals surface area contributed by atoms with Gasteiger partial charge in [-0.3, -0.25) is 0 Å². The molecule has 2 unspecified atom stereocenters. The number of benzene rings is 1. The molecule has 1 N–H and O–H groups in total. The maximum Gasteiger partial charge on any atom is 0.118 e. The van der Waals surface area contributed by atoms with Crippen LogP contribution in [-0.4, -0.2) is 17.1 Å². The largest absolute Gasteiger partial charge is 0.497 e. The van der Waals surface area contributed by atoms with Gasteiger partial charge >= 0.3 is 0 Å². The Hall–Kier alpha value is -0.220. The van der Waals surface area contributed by atoms with Gasteiger partial charge in [-0.15, -0.1) is 21.5 Å². The van der Waals surface area contributed by atoms with Crippen LogP contribution in [0.15, 0.2) is 29.6 Å². The van der Waals surface area contributed by atoms with Crippen LogP contribution in [0.3, 0.4) is 0 Å². The van der Waals surface area contributed by atoms with E-state index in [9.17, 15) is 0 Å². The van der Waals surface area contributed by atoms with Gasteiger partial charge < -0.3 is 10.1 Å². The van der Waals surface area contributed by atoms with Gasteiger partial charge in [0.1, 0.15) is 5.75 Å². The van der Waals surface area contributed by atoms with E-state index in [0.29, 0.717) is 0 Å². The van der Waals surface area contributed by atoms with Crippen molar-refractivity contribution >= 4 is 69.8 Å². The van der Waals surface area contributed by atoms with E-state index in [1.165, 1.54) is 10.9 Å². The summed E-state index contributed by atoms with van der Waals surface area (Å²) in [4.78, 5) is 1.75. The van der Waals surface area contributed by atoms with Crippen molar-refractivity contribution in [2.75, 3.05) is 7.11 Å². The third kappa shape index (κ3) is 4.96. The summed E-state index contributed by atoms with van der Waals surface area (Å²) >= 11 is 9.32. The summed E-state index contributed by atoms with van der Waals surface area (Å²) in [6.07, 6.45) is 0.824. The zero-order chi connectivity index (χ0) is 14.4. The van der Waals surface area contributed by atoms with Crippen LogP contribution in [0, 0.1) is 0 Å². The smallest absolute Gasteiger partial charge is 0.118 e. The Bertz CT molecular complexity index is 585. The molecule has 2 atom stereocenters. The predicted octanol–water partition coefficient (Wildman–Crippen LogP) is 5.31. The maximum absolute atomic E-state index is 5.13. The Morgan fingerprint density at radius 1 is 1.20 bits per heavy atom. The zero-order valence-corrected chi connectivity index (χ0v) is 15.9. The molecule has 1 aliphatic heterocycles. The summed E-state index contributed by atoms with van der Waals surface area (Å²) in [5.74, 6) is 0.927. The Morgan fingerprint density at radius 2 is 1.85 bits per heavy atom. The third-order valence-corrected chi connectivity index (χ3v) is 11.1. The van der Waals surface area contributed by atoms with Crippen molar-refractivity contribution in [1.29, 1.82) is 0 Å². The average molecular weight is 377 g/mol. The molecule has 1 aromatic heterocycles. The topological polar surface area (TPSA) is 21.3 Å². The molecule has 2 nitrogen and oxygen atoms in total. The van der Waals surface area contributed by atoms with Crippen molar-refractivity contribution in [3.8, 4) is 16.6 Å². The Kier molecular flexibility index (Phi) is 6.69. The maximum atomic E-state index is 5.13. The van der Waals surface area contributed by atoms with E-state index in [1.807, 2.05) is 33.6 Å². The van der Waals surface area contributed by atoms with E-state index in [4.69, 9.17) is 4.74 Å². The molecule has 0 radical (unpaired) electrons. The van der Waals surface area contributed by atoms with Gasteiger partial charge in [-0.25, -0.2) is 0 Å². The summed E-state index contributed by atoms with van der Waals surface area (Å²) in [7, 11) is 6.53. The second-order valence-electron chi connectivity index (χ2n) is 3.81. The van der Waals surface area contributed by atoms with E-state index in [0.717, 1.165) is 36.1 Å². The highest BCUT2D eigenvalue weighted by Crippen LogP contribution is 2.38. The Balaban J connectivity index is 0.000000205. The van der Waals surface area contributed by atoms with Gasteiger partial charge in [0, 0.05) is 17.1 Å². The van der Waals surface area contributed by atoms with Crippen molar-refractivity contribution in [3.05, 3.63) is 29.6 Å². The van der Waals surface area contributed by atoms with Crippen molar-refractivity contribution < 1.29 is 4.74 Å². The number of nitrogens with one attached hydrogen (secondary N) is 1. The molecule has 2 aromatic rings. The summed E-state index contributed by atoms with van der Waals surface area (Å²) < 4.78 is 5.13. The van der Waals surface area contributed by atoms with Gasteiger partial charge in [0.15, 0.2) is 0 Å². The lowest BCUT2D eigenvalue weighted by Gasteiger charge is -2.16. The van der Waals surface area contributed by atoms with Crippen LogP contribution in [0.2, 0.25) is 0 Å². The molecule has 1 saturated heterocycles. The second-order valence-corrected chi connectivity index (χ2v) is 12.2. The third-order valence-electron chi connectivity index (χ3n) is 2.43. The second kappa shape index (κ2) is 8.28. The molecule has 106 valence electrons. The number of rotatable bonds is 2. The Labute approximate surface area is 139 Å². The van der Waals surface area contributed by atoms with E-state index >= 15 is 0 Å². The van der Waals surface area contributed by atoms with E-state index in [1.54, 1.807) is 7.11 Å². The van der Waals surface area contributed by atoms with Crippen molar-refractivity contribution in [2.45, 2.75) is 6.42 Å². The number of hydrogen-bond acceptors (Lipinski definition) is 5. The number of thiocarbonyl (C=S) groups is 2. The monoisotopic (exact) mass is 377 g/mol. The van der Waals surface area contributed by atoms with Crippen molar-refractivity contribution in [2.24, 2.45) is 0 Å². The SMILES string of the molecule is COc1ccc(-c2cs[pH]s[pH]2)cc1.S=C1CC(=S)N1. The van der Waals surface area contributed by atoms with E-state index < -0.39 is 0 Å². The molecule has 0 amide bonds. The summed E-state index contributed by atoms with van der Waals surface area (Å²) in [6.45, 7) is 0.975. The quantitative estimate of drug-likeness (QED) is 0.716. The van der Waals surface area contributed by atoms with Gasteiger partial charge in [-0.2, -0.15) is 0 Å². The molecular formula is C12H13NOP2S4. The van der Waals surface area contributed by atoms with Crippen molar-refractivity contribution in [3.63, 3.8) is 0 Å². The fraction of sp³-hybridized carbons (Fsp3) is 0.167. The zero-order valence-electron chi connectivity index (χ0n) is 10.6. The van der Waals surface area contributed by atoms with Crippen LogP contribution in [0.4, 0.5) is 0 Å². The predicted molar refractivity (Wildman–Crippen MR) is 104 cm³/mol. The molecule has 20 heavy (non-hydrogen) atoms.